The second-order valence-electron chi connectivity index (χ2n) is 8.67. The van der Waals surface area contributed by atoms with E-state index in [1.165, 1.54) is 64.7 Å². The van der Waals surface area contributed by atoms with Crippen molar-refractivity contribution in [2.45, 2.75) is 0 Å². The Bertz CT molecular complexity index is 1920. The average Bonchev–Trinajstić information content (AvgIpc) is 3.60. The summed E-state index contributed by atoms with van der Waals surface area (Å²) >= 11 is 3.32. The first-order chi connectivity index (χ1) is 16.8. The second-order valence-corrected chi connectivity index (χ2v) is 10.5. The molecule has 1 aliphatic rings. The van der Waals surface area contributed by atoms with E-state index >= 15 is 0 Å². The normalized spacial score (nSPS) is 12.1. The zero-order valence-corrected chi connectivity index (χ0v) is 19.6. The van der Waals surface area contributed by atoms with Crippen LogP contribution < -0.4 is 0 Å². The van der Waals surface area contributed by atoms with Crippen molar-refractivity contribution in [2.24, 2.45) is 0 Å². The molecule has 34 heavy (non-hydrogen) atoms. The summed E-state index contributed by atoms with van der Waals surface area (Å²) in [5, 5.41) is 6.16. The Hall–Kier alpha value is -3.86. The van der Waals surface area contributed by atoms with Gasteiger partial charge >= 0.3 is 0 Å². The third-order valence-electron chi connectivity index (χ3n) is 6.82. The molecule has 0 unspecified atom stereocenters. The number of aromatic nitrogens is 2. The van der Waals surface area contributed by atoms with Crippen molar-refractivity contribution in [2.75, 3.05) is 0 Å². The van der Waals surface area contributed by atoms with Gasteiger partial charge in [-0.2, -0.15) is 4.37 Å². The Labute approximate surface area is 204 Å². The first kappa shape index (κ1) is 18.6. The van der Waals surface area contributed by atoms with Gasteiger partial charge in [-0.3, -0.25) is 0 Å². The van der Waals surface area contributed by atoms with Gasteiger partial charge < -0.3 is 0 Å². The predicted octanol–water partition coefficient (Wildman–Crippen LogP) is 9.04. The van der Waals surface area contributed by atoms with E-state index in [1.54, 1.807) is 0 Å². The number of thiophene rings is 1. The SMILES string of the molecule is c1cc(-c2nc(-c3ccc4sc5ccccc5c4c3)ns2)c2c(c1)-c1cccc3cccc-2c13. The van der Waals surface area contributed by atoms with E-state index in [0.717, 1.165) is 22.0 Å². The monoisotopic (exact) mass is 468 g/mol. The molecule has 0 aliphatic heterocycles. The molecule has 0 saturated heterocycles. The highest BCUT2D eigenvalue weighted by Crippen LogP contribution is 2.51. The van der Waals surface area contributed by atoms with E-state index < -0.39 is 0 Å². The van der Waals surface area contributed by atoms with E-state index in [4.69, 9.17) is 9.36 Å². The Morgan fingerprint density at radius 2 is 1.35 bits per heavy atom. The molecule has 5 aromatic carbocycles. The van der Waals surface area contributed by atoms with Crippen molar-refractivity contribution >= 4 is 53.8 Å². The molecule has 158 valence electrons. The highest BCUT2D eigenvalue weighted by atomic mass is 32.1. The third kappa shape index (κ3) is 2.50. The van der Waals surface area contributed by atoms with Crippen LogP contribution in [0.1, 0.15) is 0 Å². The fraction of sp³-hybridized carbons (Fsp3) is 0. The summed E-state index contributed by atoms with van der Waals surface area (Å²) in [5.74, 6) is 0.795. The predicted molar refractivity (Wildman–Crippen MR) is 146 cm³/mol. The summed E-state index contributed by atoms with van der Waals surface area (Å²) in [6.45, 7) is 0. The lowest BCUT2D eigenvalue weighted by atomic mass is 9.98. The van der Waals surface area contributed by atoms with E-state index in [1.807, 2.05) is 11.3 Å². The van der Waals surface area contributed by atoms with Gasteiger partial charge in [-0.05, 0) is 63.3 Å². The molecule has 2 heterocycles. The van der Waals surface area contributed by atoms with Crippen molar-refractivity contribution in [1.82, 2.24) is 9.36 Å². The molecule has 2 aromatic heterocycles. The van der Waals surface area contributed by atoms with E-state index in [2.05, 4.69) is 97.1 Å². The summed E-state index contributed by atoms with van der Waals surface area (Å²) in [6.07, 6.45) is 0. The minimum absolute atomic E-state index is 0.795. The van der Waals surface area contributed by atoms with E-state index in [0.29, 0.717) is 0 Å². The van der Waals surface area contributed by atoms with Crippen LogP contribution in [0.25, 0.3) is 75.2 Å². The van der Waals surface area contributed by atoms with Crippen molar-refractivity contribution in [1.29, 1.82) is 0 Å². The highest BCUT2D eigenvalue weighted by Gasteiger charge is 2.25. The standard InChI is InChI=1S/C30H16N2S2/c1-2-13-25-19(8-1)24-16-18(14-15-26(24)33-25)29-31-30(34-32-29)23-12-5-10-21-20-9-3-6-17-7-4-11-22(27(17)20)28(21)23/h1-16H. The van der Waals surface area contributed by atoms with Crippen molar-refractivity contribution in [3.05, 3.63) is 97.1 Å². The lowest BCUT2D eigenvalue weighted by molar-refractivity contribution is 1.33. The number of hydrogen-bond donors (Lipinski definition) is 0. The summed E-state index contributed by atoms with van der Waals surface area (Å²) in [5.41, 5.74) is 7.39. The number of rotatable bonds is 2. The maximum atomic E-state index is 5.04. The summed E-state index contributed by atoms with van der Waals surface area (Å²) in [7, 11) is 0. The molecule has 1 aliphatic carbocycles. The van der Waals surface area contributed by atoms with Crippen LogP contribution in [0.15, 0.2) is 97.1 Å². The minimum Gasteiger partial charge on any atom is -0.215 e. The van der Waals surface area contributed by atoms with Gasteiger partial charge in [0.2, 0.25) is 0 Å². The molecule has 0 spiro atoms. The molecule has 0 bridgehead atoms. The summed E-state index contributed by atoms with van der Waals surface area (Å²) in [6, 6.07) is 34.9. The summed E-state index contributed by atoms with van der Waals surface area (Å²) in [4.78, 5) is 5.04. The van der Waals surface area contributed by atoms with Crippen LogP contribution in [0.4, 0.5) is 0 Å². The van der Waals surface area contributed by atoms with Gasteiger partial charge in [0.15, 0.2) is 5.82 Å². The van der Waals surface area contributed by atoms with Gasteiger partial charge in [0, 0.05) is 36.9 Å². The van der Waals surface area contributed by atoms with Crippen LogP contribution in [0.3, 0.4) is 0 Å². The number of hydrogen-bond acceptors (Lipinski definition) is 4. The molecule has 0 amide bonds. The molecule has 8 rings (SSSR count). The topological polar surface area (TPSA) is 25.8 Å². The van der Waals surface area contributed by atoms with Gasteiger partial charge in [-0.1, -0.05) is 72.8 Å². The number of benzene rings is 5. The maximum Gasteiger partial charge on any atom is 0.173 e. The zero-order chi connectivity index (χ0) is 22.2. The van der Waals surface area contributed by atoms with Crippen LogP contribution >= 0.6 is 22.9 Å². The van der Waals surface area contributed by atoms with Crippen LogP contribution in [-0.2, 0) is 0 Å². The maximum absolute atomic E-state index is 5.04. The molecule has 0 fully saturated rings. The number of nitrogens with zero attached hydrogens (tertiary/aromatic N) is 2. The first-order valence-corrected chi connectivity index (χ1v) is 12.9. The van der Waals surface area contributed by atoms with Gasteiger partial charge in [0.1, 0.15) is 5.01 Å². The minimum atomic E-state index is 0.795. The van der Waals surface area contributed by atoms with Crippen molar-refractivity contribution in [3.8, 4) is 44.2 Å². The first-order valence-electron chi connectivity index (χ1n) is 11.3. The van der Waals surface area contributed by atoms with Crippen molar-refractivity contribution < 1.29 is 0 Å². The Morgan fingerprint density at radius 1 is 0.588 bits per heavy atom. The third-order valence-corrected chi connectivity index (χ3v) is 8.72. The smallest absolute Gasteiger partial charge is 0.173 e. The molecule has 7 aromatic rings. The van der Waals surface area contributed by atoms with Crippen LogP contribution in [0.2, 0.25) is 0 Å². The quantitative estimate of drug-likeness (QED) is 0.253. The average molecular weight is 469 g/mol. The largest absolute Gasteiger partial charge is 0.215 e. The van der Waals surface area contributed by atoms with Crippen LogP contribution in [0, 0.1) is 0 Å². The Balaban J connectivity index is 1.29. The van der Waals surface area contributed by atoms with E-state index in [9.17, 15) is 0 Å². The zero-order valence-electron chi connectivity index (χ0n) is 17.9. The lowest BCUT2D eigenvalue weighted by Gasteiger charge is -2.07. The lowest BCUT2D eigenvalue weighted by Crippen LogP contribution is -1.85. The molecule has 0 N–H and O–H groups in total. The molecular weight excluding hydrogens is 452 g/mol. The molecule has 0 radical (unpaired) electrons. The highest BCUT2D eigenvalue weighted by molar-refractivity contribution is 7.25. The Kier molecular flexibility index (Phi) is 3.73. The van der Waals surface area contributed by atoms with Crippen molar-refractivity contribution in [3.63, 3.8) is 0 Å². The molecule has 2 nitrogen and oxygen atoms in total. The molecular formula is C30H16N2S2. The second kappa shape index (κ2) is 6.83. The van der Waals surface area contributed by atoms with Crippen LogP contribution in [0.5, 0.6) is 0 Å². The molecule has 4 heteroatoms. The molecule has 0 saturated carbocycles. The van der Waals surface area contributed by atoms with Gasteiger partial charge in [0.05, 0.1) is 0 Å². The molecule has 0 atom stereocenters. The van der Waals surface area contributed by atoms with E-state index in [-0.39, 0.29) is 0 Å². The van der Waals surface area contributed by atoms with Crippen LogP contribution in [-0.4, -0.2) is 9.36 Å². The number of fused-ring (bicyclic) bond motifs is 6. The fourth-order valence-electron chi connectivity index (χ4n) is 5.33. The Morgan fingerprint density at radius 3 is 2.29 bits per heavy atom. The van der Waals surface area contributed by atoms with Gasteiger partial charge in [-0.15, -0.1) is 11.3 Å². The van der Waals surface area contributed by atoms with Gasteiger partial charge in [0.25, 0.3) is 0 Å². The summed E-state index contributed by atoms with van der Waals surface area (Å²) < 4.78 is 7.40. The fourth-order valence-corrected chi connectivity index (χ4v) is 7.14. The van der Waals surface area contributed by atoms with Gasteiger partial charge in [-0.25, -0.2) is 4.98 Å².